The van der Waals surface area contributed by atoms with Gasteiger partial charge in [0.25, 0.3) is 0 Å². The monoisotopic (exact) mass is 728 g/mol. The first kappa shape index (κ1) is 37.9. The lowest BCUT2D eigenvalue weighted by molar-refractivity contribution is 0.569. The van der Waals surface area contributed by atoms with Crippen molar-refractivity contribution >= 4 is 11.6 Å². The van der Waals surface area contributed by atoms with Gasteiger partial charge in [-0.15, -0.1) is 0 Å². The summed E-state index contributed by atoms with van der Waals surface area (Å²) in [6, 6.07) is 48.6. The van der Waals surface area contributed by atoms with Gasteiger partial charge in [-0.2, -0.15) is 0 Å². The maximum absolute atomic E-state index is 7.09. The third-order valence-electron chi connectivity index (χ3n) is 11.7. The van der Waals surface area contributed by atoms with Gasteiger partial charge in [0, 0.05) is 5.02 Å². The molecule has 0 N–H and O–H groups in total. The summed E-state index contributed by atoms with van der Waals surface area (Å²) in [5, 5.41) is 0.746. The molecule has 54 heavy (non-hydrogen) atoms. The molecule has 276 valence electrons. The quantitative estimate of drug-likeness (QED) is 0.169. The molecule has 0 aliphatic heterocycles. The van der Waals surface area contributed by atoms with Crippen LogP contribution in [-0.4, -0.2) is 0 Å². The van der Waals surface area contributed by atoms with Crippen molar-refractivity contribution in [3.8, 4) is 33.4 Å². The van der Waals surface area contributed by atoms with E-state index in [2.05, 4.69) is 210 Å². The zero-order valence-electron chi connectivity index (χ0n) is 34.5. The van der Waals surface area contributed by atoms with Gasteiger partial charge in [0.15, 0.2) is 0 Å². The molecule has 0 atom stereocenters. The molecule has 1 aliphatic rings. The number of halogens is 1. The van der Waals surface area contributed by atoms with Crippen LogP contribution in [0.4, 0.5) is 0 Å². The fraction of sp³-hybridized carbons (Fsp3) is 0.321. The van der Waals surface area contributed by atoms with E-state index >= 15 is 0 Å². The summed E-state index contributed by atoms with van der Waals surface area (Å²) >= 11 is 7.09. The zero-order valence-corrected chi connectivity index (χ0v) is 35.3. The van der Waals surface area contributed by atoms with Crippen molar-refractivity contribution in [2.45, 2.75) is 110 Å². The first-order valence-electron chi connectivity index (χ1n) is 19.6. The number of hydrogen-bond donors (Lipinski definition) is 0. The highest BCUT2D eigenvalue weighted by Gasteiger charge is 2.49. The first-order valence-corrected chi connectivity index (χ1v) is 20.0. The van der Waals surface area contributed by atoms with Crippen molar-refractivity contribution < 1.29 is 0 Å². The molecule has 0 amide bonds. The van der Waals surface area contributed by atoms with Gasteiger partial charge >= 0.3 is 0 Å². The number of rotatable bonds is 4. The lowest BCUT2D eigenvalue weighted by atomic mass is 9.65. The van der Waals surface area contributed by atoms with Crippen LogP contribution in [0, 0.1) is 0 Å². The Hall–Kier alpha value is -4.39. The van der Waals surface area contributed by atoms with E-state index in [9.17, 15) is 0 Å². The Kier molecular flexibility index (Phi) is 9.22. The zero-order chi connectivity index (χ0) is 39.0. The van der Waals surface area contributed by atoms with E-state index in [0.717, 1.165) is 5.02 Å². The Labute approximate surface area is 330 Å². The predicted octanol–water partition coefficient (Wildman–Crippen LogP) is 15.2. The second-order valence-electron chi connectivity index (χ2n) is 19.7. The first-order chi connectivity index (χ1) is 25.2. The molecule has 0 saturated heterocycles. The van der Waals surface area contributed by atoms with Crippen LogP contribution in [0.2, 0.25) is 5.02 Å². The predicted molar refractivity (Wildman–Crippen MR) is 234 cm³/mol. The number of fused-ring (bicyclic) bond motifs is 3. The molecular formula is C53H57Cl. The van der Waals surface area contributed by atoms with Crippen molar-refractivity contribution in [2.24, 2.45) is 0 Å². The van der Waals surface area contributed by atoms with Crippen molar-refractivity contribution in [1.29, 1.82) is 0 Å². The molecule has 0 saturated carbocycles. The standard InChI is InChI=1S/C53H57Cl/c1-49(2,3)36-18-22-38(23-19-36)53(39-24-20-37(21-25-39)50(4,5)6)46-33-42(54)26-27-45(46)47-43(34-16-14-13-15-17-34)28-29-44(48(47)53)35-30-40(51(7,8)9)32-41(31-35)52(10,11)12/h13-33H,1-12H3. The van der Waals surface area contributed by atoms with Crippen LogP contribution in [0.5, 0.6) is 0 Å². The lowest BCUT2D eigenvalue weighted by Gasteiger charge is -2.37. The molecule has 0 bridgehead atoms. The summed E-state index contributed by atoms with van der Waals surface area (Å²) in [6.07, 6.45) is 0. The van der Waals surface area contributed by atoms with Gasteiger partial charge in [-0.05, 0) is 112 Å². The molecular weight excluding hydrogens is 672 g/mol. The van der Waals surface area contributed by atoms with Crippen LogP contribution in [0.25, 0.3) is 33.4 Å². The van der Waals surface area contributed by atoms with E-state index in [1.54, 1.807) is 0 Å². The van der Waals surface area contributed by atoms with Crippen molar-refractivity contribution in [3.63, 3.8) is 0 Å². The molecule has 6 aromatic rings. The minimum Gasteiger partial charge on any atom is -0.0843 e. The summed E-state index contributed by atoms with van der Waals surface area (Å²) in [7, 11) is 0. The average molecular weight is 729 g/mol. The summed E-state index contributed by atoms with van der Waals surface area (Å²) in [6.45, 7) is 27.7. The summed E-state index contributed by atoms with van der Waals surface area (Å²) in [5.41, 5.74) is 17.2. The molecule has 0 unspecified atom stereocenters. The highest BCUT2D eigenvalue weighted by molar-refractivity contribution is 6.31. The van der Waals surface area contributed by atoms with Gasteiger partial charge < -0.3 is 0 Å². The Morgan fingerprint density at radius 1 is 0.389 bits per heavy atom. The van der Waals surface area contributed by atoms with E-state index < -0.39 is 5.41 Å². The molecule has 0 heterocycles. The highest BCUT2D eigenvalue weighted by atomic mass is 35.5. The molecule has 0 fully saturated rings. The van der Waals surface area contributed by atoms with E-state index in [1.807, 2.05) is 0 Å². The van der Waals surface area contributed by atoms with Gasteiger partial charge in [-0.25, -0.2) is 0 Å². The summed E-state index contributed by atoms with van der Waals surface area (Å²) in [5.74, 6) is 0. The van der Waals surface area contributed by atoms with Gasteiger partial charge in [0.2, 0.25) is 0 Å². The van der Waals surface area contributed by atoms with E-state index in [-0.39, 0.29) is 21.7 Å². The van der Waals surface area contributed by atoms with Gasteiger partial charge in [0.05, 0.1) is 5.41 Å². The Morgan fingerprint density at radius 2 is 0.833 bits per heavy atom. The minimum atomic E-state index is -0.651. The molecule has 6 aromatic carbocycles. The van der Waals surface area contributed by atoms with E-state index in [0.29, 0.717) is 0 Å². The van der Waals surface area contributed by atoms with Crippen LogP contribution < -0.4 is 0 Å². The van der Waals surface area contributed by atoms with Gasteiger partial charge in [0.1, 0.15) is 0 Å². The Balaban J connectivity index is 1.71. The van der Waals surface area contributed by atoms with Crippen molar-refractivity contribution in [2.75, 3.05) is 0 Å². The smallest absolute Gasteiger partial charge is 0.0720 e. The second kappa shape index (κ2) is 13.1. The van der Waals surface area contributed by atoms with Crippen LogP contribution in [0.15, 0.2) is 127 Å². The van der Waals surface area contributed by atoms with Crippen LogP contribution in [0.1, 0.15) is 128 Å². The molecule has 1 heteroatoms. The minimum absolute atomic E-state index is 0.0250. The van der Waals surface area contributed by atoms with Crippen molar-refractivity contribution in [3.05, 3.63) is 177 Å². The third-order valence-corrected chi connectivity index (χ3v) is 11.9. The van der Waals surface area contributed by atoms with Crippen molar-refractivity contribution in [1.82, 2.24) is 0 Å². The fourth-order valence-corrected chi connectivity index (χ4v) is 8.58. The highest BCUT2D eigenvalue weighted by Crippen LogP contribution is 2.61. The summed E-state index contributed by atoms with van der Waals surface area (Å²) in [4.78, 5) is 0. The molecule has 7 rings (SSSR count). The fourth-order valence-electron chi connectivity index (χ4n) is 8.41. The number of benzene rings is 6. The maximum atomic E-state index is 7.09. The molecule has 0 aromatic heterocycles. The summed E-state index contributed by atoms with van der Waals surface area (Å²) < 4.78 is 0. The number of hydrogen-bond acceptors (Lipinski definition) is 0. The topological polar surface area (TPSA) is 0 Å². The Bertz CT molecular complexity index is 2240. The van der Waals surface area contributed by atoms with E-state index in [4.69, 9.17) is 11.6 Å². The van der Waals surface area contributed by atoms with Gasteiger partial charge in [-0.3, -0.25) is 0 Å². The molecule has 0 nitrogen and oxygen atoms in total. The molecule has 0 radical (unpaired) electrons. The normalized spacial score (nSPS) is 14.2. The van der Waals surface area contributed by atoms with Crippen LogP contribution in [0.3, 0.4) is 0 Å². The van der Waals surface area contributed by atoms with Gasteiger partial charge in [-0.1, -0.05) is 210 Å². The van der Waals surface area contributed by atoms with E-state index in [1.165, 1.54) is 77.9 Å². The average Bonchev–Trinajstić information content (AvgIpc) is 3.41. The van der Waals surface area contributed by atoms with Crippen LogP contribution in [-0.2, 0) is 27.1 Å². The Morgan fingerprint density at radius 3 is 1.30 bits per heavy atom. The third kappa shape index (κ3) is 6.56. The second-order valence-corrected chi connectivity index (χ2v) is 20.1. The maximum Gasteiger partial charge on any atom is 0.0720 e. The molecule has 1 aliphatic carbocycles. The SMILES string of the molecule is CC(C)(C)c1ccc(C2(c3ccc(C(C)(C)C)cc3)c3cc(Cl)ccc3-c3c(-c4ccccc4)ccc(-c4cc(C(C)(C)C)cc(C(C)(C)C)c4)c32)cc1. The lowest BCUT2D eigenvalue weighted by Crippen LogP contribution is -2.30. The molecule has 0 spiro atoms. The largest absolute Gasteiger partial charge is 0.0843 e. The van der Waals surface area contributed by atoms with Crippen LogP contribution >= 0.6 is 11.6 Å².